The molecule has 0 aliphatic carbocycles. The number of imidazole rings is 1. The van der Waals surface area contributed by atoms with Crippen LogP contribution in [-0.4, -0.2) is 152 Å². The fourth-order valence-electron chi connectivity index (χ4n) is 9.38. The van der Waals surface area contributed by atoms with Gasteiger partial charge in [0.2, 0.25) is 47.3 Å². The molecule has 0 unspecified atom stereocenters. The third kappa shape index (κ3) is 12.9. The topological polar surface area (TPSA) is 350 Å². The number of hydrogen-bond donors (Lipinski definition) is 11. The van der Waals surface area contributed by atoms with E-state index in [4.69, 9.17) is 17.2 Å². The average Bonchev–Trinajstić information content (AvgIpc) is 4.22. The van der Waals surface area contributed by atoms with Crippen LogP contribution >= 0.6 is 0 Å². The highest BCUT2D eigenvalue weighted by Crippen LogP contribution is 2.26. The number of amides is 8. The number of guanidine groups is 1. The largest absolute Gasteiger partial charge is 0.370 e. The van der Waals surface area contributed by atoms with Crippen molar-refractivity contribution in [3.63, 3.8) is 0 Å². The first-order valence-electron chi connectivity index (χ1n) is 24.0. The van der Waals surface area contributed by atoms with E-state index in [2.05, 4.69) is 51.8 Å². The number of carbonyl (C=O) groups is 8. The van der Waals surface area contributed by atoms with Crippen molar-refractivity contribution in [1.82, 2.24) is 56.7 Å². The number of H-pyrrole nitrogens is 2. The number of aromatic amines is 2. The minimum Gasteiger partial charge on any atom is -0.370 e. The van der Waals surface area contributed by atoms with Crippen LogP contribution in [0.4, 0.5) is 0 Å². The molecule has 14 N–H and O–H groups in total. The van der Waals surface area contributed by atoms with Crippen LogP contribution in [0.3, 0.4) is 0 Å². The summed E-state index contributed by atoms with van der Waals surface area (Å²) in [6.07, 6.45) is 6.12. The maximum absolute atomic E-state index is 14.7. The van der Waals surface area contributed by atoms with Gasteiger partial charge in [-0.25, -0.2) is 4.98 Å². The van der Waals surface area contributed by atoms with E-state index in [0.717, 1.165) is 10.9 Å². The lowest BCUT2D eigenvalue weighted by Crippen LogP contribution is -2.62. The van der Waals surface area contributed by atoms with Crippen LogP contribution in [0.2, 0.25) is 0 Å². The second-order valence-electron chi connectivity index (χ2n) is 18.1. The second-order valence-corrected chi connectivity index (χ2v) is 18.1. The van der Waals surface area contributed by atoms with Crippen LogP contribution in [-0.2, 0) is 57.6 Å². The molecule has 0 radical (unpaired) electrons. The van der Waals surface area contributed by atoms with Crippen molar-refractivity contribution >= 4 is 64.1 Å². The summed E-state index contributed by atoms with van der Waals surface area (Å²) in [5, 5.41) is 17.3. The van der Waals surface area contributed by atoms with Crippen LogP contribution < -0.4 is 49.1 Å². The van der Waals surface area contributed by atoms with E-state index in [1.165, 1.54) is 29.2 Å². The van der Waals surface area contributed by atoms with Crippen molar-refractivity contribution in [1.29, 1.82) is 0 Å². The van der Waals surface area contributed by atoms with Crippen LogP contribution in [0.15, 0.2) is 78.3 Å². The number of fused-ring (bicyclic) bond motifs is 3. The number of nitrogens with one attached hydrogen (secondary N) is 8. The Morgan fingerprint density at radius 2 is 1.23 bits per heavy atom. The van der Waals surface area contributed by atoms with Gasteiger partial charge >= 0.3 is 0 Å². The summed E-state index contributed by atoms with van der Waals surface area (Å²) in [4.78, 5) is 132. The molecule has 2 aromatic carbocycles. The molecule has 23 nitrogen and oxygen atoms in total. The Labute approximate surface area is 409 Å². The molecule has 3 saturated heterocycles. The number of benzene rings is 2. The van der Waals surface area contributed by atoms with Crippen LogP contribution in [0, 0.1) is 0 Å². The molecule has 5 heterocycles. The van der Waals surface area contributed by atoms with E-state index in [-0.39, 0.29) is 64.1 Å². The Morgan fingerprint density at radius 3 is 1.90 bits per heavy atom. The van der Waals surface area contributed by atoms with Gasteiger partial charge in [-0.05, 0) is 62.6 Å². The lowest BCUT2D eigenvalue weighted by atomic mass is 10.0. The number of aromatic nitrogens is 3. The summed E-state index contributed by atoms with van der Waals surface area (Å²) < 4.78 is 0. The highest BCUT2D eigenvalue weighted by atomic mass is 16.2. The van der Waals surface area contributed by atoms with Crippen molar-refractivity contribution < 1.29 is 38.4 Å². The van der Waals surface area contributed by atoms with E-state index in [9.17, 15) is 38.4 Å². The summed E-state index contributed by atoms with van der Waals surface area (Å²) in [5.74, 6) is -5.66. The summed E-state index contributed by atoms with van der Waals surface area (Å²) >= 11 is 0. The first kappa shape index (κ1) is 51.0. The minimum absolute atomic E-state index is 0.0332. The molecule has 7 rings (SSSR count). The average molecular weight is 978 g/mol. The minimum atomic E-state index is -1.37. The van der Waals surface area contributed by atoms with Gasteiger partial charge in [0.1, 0.15) is 48.3 Å². The zero-order valence-electron chi connectivity index (χ0n) is 39.5. The van der Waals surface area contributed by atoms with Gasteiger partial charge in [-0.3, -0.25) is 43.3 Å². The third-order valence-electron chi connectivity index (χ3n) is 13.1. The van der Waals surface area contributed by atoms with E-state index in [1.807, 2.05) is 24.3 Å². The molecular weight excluding hydrogens is 915 g/mol. The second kappa shape index (κ2) is 23.7. The van der Waals surface area contributed by atoms with Gasteiger partial charge < -0.3 is 68.9 Å². The molecular formula is C48H63N15O8. The summed E-state index contributed by atoms with van der Waals surface area (Å²) in [5.41, 5.74) is 19.8. The molecule has 71 heavy (non-hydrogen) atoms. The maximum Gasteiger partial charge on any atom is 0.246 e. The van der Waals surface area contributed by atoms with E-state index >= 15 is 0 Å². The fourth-order valence-corrected chi connectivity index (χ4v) is 9.38. The Morgan fingerprint density at radius 1 is 0.648 bits per heavy atom. The molecule has 378 valence electrons. The molecule has 8 amide bonds. The molecule has 2 aromatic heterocycles. The highest BCUT2D eigenvalue weighted by Gasteiger charge is 2.44. The predicted molar refractivity (Wildman–Crippen MR) is 260 cm³/mol. The Balaban J connectivity index is 1.26. The standard InChI is InChI=1S/C48H63N15O8/c1-27-46(70)63-19-9-16-39(63)47(71)62-18-8-15-38(62)45(69)60-36(22-30-25-52-26-55-30)43(67)58-34(20-28-10-3-2-4-11-28)41(65)57-33(14-7-17-53-48(50)51)40(64)59-35(42(66)61-37(23-49)44(68)56-27)21-29-24-54-32-13-6-5-12-31(29)32/h2-6,10-13,24-27,33-39,54H,7-9,14-23,49H2,1H3,(H,52,55)(H,56,68)(H,57,65)(H,58,67)(H,59,64)(H,60,69)(H,61,66)(H4,50,51,53)/t27-,33-,34+,35-,36-,37-,38-,39+/m0/s1. The van der Waals surface area contributed by atoms with Crippen molar-refractivity contribution in [2.45, 2.75) is 113 Å². The van der Waals surface area contributed by atoms with Crippen molar-refractivity contribution in [3.8, 4) is 0 Å². The Kier molecular flexibility index (Phi) is 17.0. The van der Waals surface area contributed by atoms with Crippen LogP contribution in [0.1, 0.15) is 62.3 Å². The number of nitrogens with zero attached hydrogens (tertiary/aromatic N) is 4. The van der Waals surface area contributed by atoms with Gasteiger partial charge in [-0.2, -0.15) is 0 Å². The zero-order chi connectivity index (χ0) is 50.6. The van der Waals surface area contributed by atoms with E-state index < -0.39 is 102 Å². The van der Waals surface area contributed by atoms with E-state index in [1.54, 1.807) is 36.5 Å². The molecule has 8 atom stereocenters. The van der Waals surface area contributed by atoms with Gasteiger partial charge in [0.15, 0.2) is 5.96 Å². The van der Waals surface area contributed by atoms with Gasteiger partial charge in [0, 0.05) is 74.4 Å². The van der Waals surface area contributed by atoms with Crippen molar-refractivity contribution in [3.05, 3.63) is 90.1 Å². The summed E-state index contributed by atoms with van der Waals surface area (Å²) in [7, 11) is 0. The fraction of sp³-hybridized carbons (Fsp3) is 0.458. The van der Waals surface area contributed by atoms with Gasteiger partial charge in [0.25, 0.3) is 0 Å². The maximum atomic E-state index is 14.7. The van der Waals surface area contributed by atoms with Crippen molar-refractivity contribution in [2.75, 3.05) is 26.2 Å². The number of aliphatic imine (C=N–C) groups is 1. The quantitative estimate of drug-likeness (QED) is 0.0436. The van der Waals surface area contributed by atoms with Crippen LogP contribution in [0.25, 0.3) is 10.9 Å². The van der Waals surface area contributed by atoms with Gasteiger partial charge in [-0.1, -0.05) is 48.5 Å². The normalized spacial score (nSPS) is 25.5. The summed E-state index contributed by atoms with van der Waals surface area (Å²) in [6.45, 7) is 1.58. The summed E-state index contributed by atoms with van der Waals surface area (Å²) in [6, 6.07) is 6.44. The molecule has 3 aliphatic heterocycles. The molecule has 0 bridgehead atoms. The number of nitrogens with two attached hydrogens (primary N) is 3. The lowest BCUT2D eigenvalue weighted by Gasteiger charge is -2.33. The monoisotopic (exact) mass is 977 g/mol. The third-order valence-corrected chi connectivity index (χ3v) is 13.1. The number of carbonyl (C=O) groups excluding carboxylic acids is 8. The van der Waals surface area contributed by atoms with Gasteiger partial charge in [-0.15, -0.1) is 0 Å². The molecule has 4 aromatic rings. The molecule has 3 fully saturated rings. The first-order valence-corrected chi connectivity index (χ1v) is 24.0. The number of rotatable bonds is 11. The molecule has 3 aliphatic rings. The van der Waals surface area contributed by atoms with Crippen LogP contribution in [0.5, 0.6) is 0 Å². The number of para-hydroxylation sites is 1. The SMILES string of the molecule is C[C@@H]1NC(=O)[C@H](CN)NC(=O)[C@H](Cc2c[nH]c3ccccc23)NC(=O)[C@H](CCCN=C(N)N)NC(=O)[C@@H](Cc2ccccc2)NC(=O)[C@H](Cc2cnc[nH]2)NC(=O)[C@@H]2CCCN2C(=O)[C@H]2CCCN2C1=O. The smallest absolute Gasteiger partial charge is 0.246 e. The predicted octanol–water partition coefficient (Wildman–Crippen LogP) is -2.14. The van der Waals surface area contributed by atoms with Crippen molar-refractivity contribution in [2.24, 2.45) is 22.2 Å². The van der Waals surface area contributed by atoms with Gasteiger partial charge in [0.05, 0.1) is 6.33 Å². The zero-order valence-corrected chi connectivity index (χ0v) is 39.5. The molecule has 0 saturated carbocycles. The lowest BCUT2D eigenvalue weighted by molar-refractivity contribution is -0.148. The highest BCUT2D eigenvalue weighted by molar-refractivity contribution is 5.99. The molecule has 0 spiro atoms. The molecule has 23 heteroatoms. The number of hydrogen-bond acceptors (Lipinski definition) is 11. The Hall–Kier alpha value is -7.82. The first-order chi connectivity index (χ1) is 34.2. The van der Waals surface area contributed by atoms with E-state index in [0.29, 0.717) is 36.1 Å². The Bertz CT molecular complexity index is 2580.